The van der Waals surface area contributed by atoms with Crippen molar-refractivity contribution in [1.29, 1.82) is 0 Å². The van der Waals surface area contributed by atoms with Gasteiger partial charge in [0.25, 0.3) is 0 Å². The summed E-state index contributed by atoms with van der Waals surface area (Å²) < 4.78 is 10.6. The molecule has 1 fully saturated rings. The second-order valence-corrected chi connectivity index (χ2v) is 5.04. The third-order valence-electron chi connectivity index (χ3n) is 3.84. The molecule has 20 heavy (non-hydrogen) atoms. The Bertz CT molecular complexity index is 555. The van der Waals surface area contributed by atoms with Gasteiger partial charge in [-0.2, -0.15) is 0 Å². The van der Waals surface area contributed by atoms with Crippen LogP contribution in [0.2, 0.25) is 0 Å². The van der Waals surface area contributed by atoms with Gasteiger partial charge < -0.3 is 14.4 Å². The molecule has 2 aliphatic heterocycles. The van der Waals surface area contributed by atoms with Crippen molar-refractivity contribution in [2.75, 3.05) is 18.2 Å². The molecule has 0 aromatic heterocycles. The van der Waals surface area contributed by atoms with Gasteiger partial charge in [-0.15, -0.1) is 0 Å². The molecule has 1 atom stereocenters. The summed E-state index contributed by atoms with van der Waals surface area (Å²) in [4.78, 5) is 26.0. The predicted molar refractivity (Wildman–Crippen MR) is 72.9 cm³/mol. The largest absolute Gasteiger partial charge is 0.454 e. The first kappa shape index (κ1) is 13.0. The van der Waals surface area contributed by atoms with E-state index in [9.17, 15) is 9.59 Å². The maximum absolute atomic E-state index is 12.5. The van der Waals surface area contributed by atoms with Gasteiger partial charge in [0.1, 0.15) is 5.78 Å². The molecule has 1 aromatic carbocycles. The number of nitrogens with zero attached hydrogens (tertiary/aromatic N) is 1. The van der Waals surface area contributed by atoms with Gasteiger partial charge in [-0.05, 0) is 25.0 Å². The molecule has 0 radical (unpaired) electrons. The van der Waals surface area contributed by atoms with E-state index in [0.29, 0.717) is 30.9 Å². The monoisotopic (exact) mass is 275 g/mol. The van der Waals surface area contributed by atoms with E-state index in [1.807, 2.05) is 6.07 Å². The number of hydrogen-bond acceptors (Lipinski definition) is 4. The van der Waals surface area contributed by atoms with Crippen molar-refractivity contribution in [1.82, 2.24) is 0 Å². The van der Waals surface area contributed by atoms with Crippen molar-refractivity contribution in [3.63, 3.8) is 0 Å². The van der Waals surface area contributed by atoms with Crippen LogP contribution in [0.25, 0.3) is 0 Å². The van der Waals surface area contributed by atoms with Gasteiger partial charge in [-0.1, -0.05) is 6.92 Å². The van der Waals surface area contributed by atoms with Crippen LogP contribution in [-0.2, 0) is 9.59 Å². The SMILES string of the molecule is CCC(=O)[C@@H]1CCCN(c2ccc3c(c2)OCO3)C1=O. The minimum absolute atomic E-state index is 0.0282. The van der Waals surface area contributed by atoms with Gasteiger partial charge in [0.2, 0.25) is 12.7 Å². The molecule has 0 unspecified atom stereocenters. The van der Waals surface area contributed by atoms with Crippen LogP contribution in [0.1, 0.15) is 26.2 Å². The summed E-state index contributed by atoms with van der Waals surface area (Å²) in [5.41, 5.74) is 0.771. The van der Waals surface area contributed by atoms with Crippen molar-refractivity contribution in [3.05, 3.63) is 18.2 Å². The lowest BCUT2D eigenvalue weighted by atomic mass is 9.91. The van der Waals surface area contributed by atoms with E-state index in [2.05, 4.69) is 0 Å². The summed E-state index contributed by atoms with van der Waals surface area (Å²) in [6.07, 6.45) is 1.91. The Hall–Kier alpha value is -2.04. The van der Waals surface area contributed by atoms with Gasteiger partial charge in [0.05, 0.1) is 5.92 Å². The van der Waals surface area contributed by atoms with Crippen LogP contribution in [0.5, 0.6) is 11.5 Å². The number of carbonyl (C=O) groups is 2. The molecule has 0 N–H and O–H groups in total. The Balaban J connectivity index is 1.86. The molecular formula is C15H17NO4. The third-order valence-corrected chi connectivity index (χ3v) is 3.84. The highest BCUT2D eigenvalue weighted by Gasteiger charge is 2.34. The van der Waals surface area contributed by atoms with E-state index in [4.69, 9.17) is 9.47 Å². The Morgan fingerprint density at radius 2 is 2.15 bits per heavy atom. The van der Waals surface area contributed by atoms with Gasteiger partial charge in [0.15, 0.2) is 11.5 Å². The van der Waals surface area contributed by atoms with Crippen LogP contribution < -0.4 is 14.4 Å². The van der Waals surface area contributed by atoms with Crippen molar-refractivity contribution < 1.29 is 19.1 Å². The normalized spacial score (nSPS) is 21.1. The quantitative estimate of drug-likeness (QED) is 0.793. The maximum Gasteiger partial charge on any atom is 0.237 e. The smallest absolute Gasteiger partial charge is 0.237 e. The predicted octanol–water partition coefficient (Wildman–Crippen LogP) is 2.14. The summed E-state index contributed by atoms with van der Waals surface area (Å²) in [5, 5.41) is 0. The molecular weight excluding hydrogens is 258 g/mol. The molecule has 2 aliphatic rings. The Morgan fingerprint density at radius 3 is 2.95 bits per heavy atom. The van der Waals surface area contributed by atoms with Crippen molar-refractivity contribution in [2.24, 2.45) is 5.92 Å². The molecule has 1 aromatic rings. The second-order valence-electron chi connectivity index (χ2n) is 5.04. The van der Waals surface area contributed by atoms with Gasteiger partial charge in [-0.25, -0.2) is 0 Å². The number of Topliss-reactive ketones (excluding diaryl/α,β-unsaturated/α-hetero) is 1. The highest BCUT2D eigenvalue weighted by molar-refractivity contribution is 6.09. The average molecular weight is 275 g/mol. The fourth-order valence-corrected chi connectivity index (χ4v) is 2.73. The number of ketones is 1. The minimum Gasteiger partial charge on any atom is -0.454 e. The Kier molecular flexibility index (Phi) is 3.34. The van der Waals surface area contributed by atoms with Crippen LogP contribution in [0.3, 0.4) is 0 Å². The zero-order valence-corrected chi connectivity index (χ0v) is 11.4. The molecule has 5 nitrogen and oxygen atoms in total. The standard InChI is InChI=1S/C15H17NO4/c1-2-12(17)11-4-3-7-16(15(11)18)10-5-6-13-14(8-10)20-9-19-13/h5-6,8,11H,2-4,7,9H2,1H3/t11-/m0/s1. The average Bonchev–Trinajstić information content (AvgIpc) is 2.94. The first-order valence-electron chi connectivity index (χ1n) is 6.94. The number of hydrogen-bond donors (Lipinski definition) is 0. The summed E-state index contributed by atoms with van der Waals surface area (Å²) in [6, 6.07) is 5.44. The van der Waals surface area contributed by atoms with E-state index >= 15 is 0 Å². The molecule has 1 saturated heterocycles. The summed E-state index contributed by atoms with van der Waals surface area (Å²) >= 11 is 0. The van der Waals surface area contributed by atoms with Crippen LogP contribution in [-0.4, -0.2) is 25.0 Å². The molecule has 106 valence electrons. The van der Waals surface area contributed by atoms with Crippen LogP contribution >= 0.6 is 0 Å². The minimum atomic E-state index is -0.487. The van der Waals surface area contributed by atoms with E-state index in [-0.39, 0.29) is 18.5 Å². The van der Waals surface area contributed by atoms with E-state index in [1.54, 1.807) is 24.0 Å². The molecule has 0 aliphatic carbocycles. The first-order valence-corrected chi connectivity index (χ1v) is 6.94. The lowest BCUT2D eigenvalue weighted by molar-refractivity contribution is -0.133. The summed E-state index contributed by atoms with van der Waals surface area (Å²) in [6.45, 7) is 2.66. The van der Waals surface area contributed by atoms with Gasteiger partial charge in [0, 0.05) is 24.7 Å². The van der Waals surface area contributed by atoms with Crippen LogP contribution in [0, 0.1) is 5.92 Å². The zero-order chi connectivity index (χ0) is 14.1. The number of benzene rings is 1. The second kappa shape index (κ2) is 5.15. The number of fused-ring (bicyclic) bond motifs is 1. The van der Waals surface area contributed by atoms with E-state index < -0.39 is 5.92 Å². The van der Waals surface area contributed by atoms with Crippen molar-refractivity contribution in [3.8, 4) is 11.5 Å². The molecule has 0 bridgehead atoms. The summed E-state index contributed by atoms with van der Waals surface area (Å²) in [7, 11) is 0. The Morgan fingerprint density at radius 1 is 1.35 bits per heavy atom. The molecule has 0 spiro atoms. The molecule has 2 heterocycles. The number of anilines is 1. The number of ether oxygens (including phenoxy) is 2. The van der Waals surface area contributed by atoms with Gasteiger partial charge >= 0.3 is 0 Å². The number of carbonyl (C=O) groups excluding carboxylic acids is 2. The lowest BCUT2D eigenvalue weighted by Crippen LogP contribution is -2.44. The third kappa shape index (κ3) is 2.13. The summed E-state index contributed by atoms with van der Waals surface area (Å²) in [5.74, 6) is 0.792. The fourth-order valence-electron chi connectivity index (χ4n) is 2.73. The Labute approximate surface area is 117 Å². The van der Waals surface area contributed by atoms with Crippen molar-refractivity contribution >= 4 is 17.4 Å². The van der Waals surface area contributed by atoms with Crippen LogP contribution in [0.4, 0.5) is 5.69 Å². The number of amides is 1. The highest BCUT2D eigenvalue weighted by Crippen LogP contribution is 2.36. The number of rotatable bonds is 3. The lowest BCUT2D eigenvalue weighted by Gasteiger charge is -2.31. The molecule has 3 rings (SSSR count). The fraction of sp³-hybridized carbons (Fsp3) is 0.467. The molecule has 1 amide bonds. The maximum atomic E-state index is 12.5. The molecule has 5 heteroatoms. The molecule has 0 saturated carbocycles. The zero-order valence-electron chi connectivity index (χ0n) is 11.4. The highest BCUT2D eigenvalue weighted by atomic mass is 16.7. The van der Waals surface area contributed by atoms with Crippen LogP contribution in [0.15, 0.2) is 18.2 Å². The topological polar surface area (TPSA) is 55.8 Å². The van der Waals surface area contributed by atoms with E-state index in [1.165, 1.54) is 0 Å². The van der Waals surface area contributed by atoms with Gasteiger partial charge in [-0.3, -0.25) is 9.59 Å². The van der Waals surface area contributed by atoms with E-state index in [0.717, 1.165) is 12.1 Å². The first-order chi connectivity index (χ1) is 9.70. The number of piperidine rings is 1. The van der Waals surface area contributed by atoms with Crippen molar-refractivity contribution in [2.45, 2.75) is 26.2 Å².